The van der Waals surface area contributed by atoms with E-state index in [2.05, 4.69) is 10.2 Å². The highest BCUT2D eigenvalue weighted by molar-refractivity contribution is 8.04. The Hall–Kier alpha value is -2.28. The van der Waals surface area contributed by atoms with Gasteiger partial charge in [-0.25, -0.2) is 0 Å². The lowest BCUT2D eigenvalue weighted by molar-refractivity contribution is -0.122. The highest BCUT2D eigenvalue weighted by atomic mass is 35.5. The number of likely N-dealkylation sites (tertiary alicyclic amines) is 1. The first kappa shape index (κ1) is 23.9. The summed E-state index contributed by atoms with van der Waals surface area (Å²) in [6, 6.07) is 15.1. The third kappa shape index (κ3) is 6.62. The van der Waals surface area contributed by atoms with Crippen LogP contribution in [0.15, 0.2) is 58.3 Å². The van der Waals surface area contributed by atoms with Crippen molar-refractivity contribution in [2.75, 3.05) is 37.6 Å². The van der Waals surface area contributed by atoms with Gasteiger partial charge in [0.15, 0.2) is 0 Å². The smallest absolute Gasteiger partial charge is 0.265 e. The monoisotopic (exact) mass is 483 g/mol. The van der Waals surface area contributed by atoms with E-state index < -0.39 is 0 Å². The zero-order valence-electron chi connectivity index (χ0n) is 18.8. The van der Waals surface area contributed by atoms with Gasteiger partial charge in [0.25, 0.3) is 5.91 Å². The second kappa shape index (κ2) is 11.7. The number of halogens is 1. The topological polar surface area (TPSA) is 52.7 Å². The van der Waals surface area contributed by atoms with E-state index in [9.17, 15) is 9.59 Å². The zero-order chi connectivity index (χ0) is 23.0. The SMILES string of the molecule is O=C(CN1C(=O)/C(=C/c2cccc(Cl)c2)Sc2ccccc21)NCCCN1CCCCCC1. The molecular weight excluding hydrogens is 454 g/mol. The number of amides is 2. The number of nitrogens with one attached hydrogen (secondary N) is 1. The molecule has 33 heavy (non-hydrogen) atoms. The van der Waals surface area contributed by atoms with E-state index in [0.717, 1.165) is 42.2 Å². The number of anilines is 1. The summed E-state index contributed by atoms with van der Waals surface area (Å²) in [5, 5.41) is 3.63. The zero-order valence-corrected chi connectivity index (χ0v) is 20.3. The summed E-state index contributed by atoms with van der Waals surface area (Å²) < 4.78 is 0. The highest BCUT2D eigenvalue weighted by Gasteiger charge is 2.30. The Bertz CT molecular complexity index is 1020. The van der Waals surface area contributed by atoms with Crippen molar-refractivity contribution >= 4 is 46.9 Å². The lowest BCUT2D eigenvalue weighted by Gasteiger charge is -2.30. The van der Waals surface area contributed by atoms with Crippen molar-refractivity contribution in [2.24, 2.45) is 0 Å². The van der Waals surface area contributed by atoms with Gasteiger partial charge in [0, 0.05) is 16.5 Å². The van der Waals surface area contributed by atoms with Crippen molar-refractivity contribution in [3.63, 3.8) is 0 Å². The summed E-state index contributed by atoms with van der Waals surface area (Å²) in [6.45, 7) is 3.96. The van der Waals surface area contributed by atoms with Crippen LogP contribution in [-0.4, -0.2) is 49.4 Å². The number of hydrogen-bond acceptors (Lipinski definition) is 4. The van der Waals surface area contributed by atoms with Crippen molar-refractivity contribution in [2.45, 2.75) is 37.0 Å². The first-order chi connectivity index (χ1) is 16.1. The molecule has 5 nitrogen and oxygen atoms in total. The summed E-state index contributed by atoms with van der Waals surface area (Å²) in [4.78, 5) is 31.6. The van der Waals surface area contributed by atoms with Crippen LogP contribution in [0.1, 0.15) is 37.7 Å². The molecule has 0 radical (unpaired) electrons. The number of fused-ring (bicyclic) bond motifs is 1. The first-order valence-electron chi connectivity index (χ1n) is 11.7. The first-order valence-corrected chi connectivity index (χ1v) is 12.8. The number of benzene rings is 2. The molecule has 0 spiro atoms. The number of para-hydroxylation sites is 1. The fourth-order valence-corrected chi connectivity index (χ4v) is 5.51. The molecule has 4 rings (SSSR count). The van der Waals surface area contributed by atoms with E-state index in [1.54, 1.807) is 11.0 Å². The van der Waals surface area contributed by atoms with E-state index >= 15 is 0 Å². The second-order valence-electron chi connectivity index (χ2n) is 8.48. The Morgan fingerprint density at radius 1 is 1.06 bits per heavy atom. The minimum absolute atomic E-state index is 0.00695. The fraction of sp³-hybridized carbons (Fsp3) is 0.385. The summed E-state index contributed by atoms with van der Waals surface area (Å²) in [5.41, 5.74) is 1.63. The molecule has 0 unspecified atom stereocenters. The van der Waals surface area contributed by atoms with E-state index in [4.69, 9.17) is 11.6 Å². The molecule has 2 heterocycles. The van der Waals surface area contributed by atoms with Gasteiger partial charge in [-0.3, -0.25) is 14.5 Å². The summed E-state index contributed by atoms with van der Waals surface area (Å²) in [6.07, 6.45) is 7.94. The molecule has 7 heteroatoms. The molecule has 2 amide bonds. The maximum Gasteiger partial charge on any atom is 0.265 e. The standard InChI is InChI=1S/C26H30ClN3O2S/c27-21-10-7-9-20(17-21)18-24-26(32)30(22-11-3-4-12-23(22)33-24)19-25(31)28-13-8-16-29-14-5-1-2-6-15-29/h3-4,7,9-12,17-18H,1-2,5-6,8,13-16,19H2,(H,28,31)/b24-18-. The normalized spacial score (nSPS) is 18.2. The molecule has 1 saturated heterocycles. The maximum atomic E-state index is 13.3. The average Bonchev–Trinajstić information content (AvgIpc) is 3.08. The van der Waals surface area contributed by atoms with Crippen LogP contribution in [0, 0.1) is 0 Å². The van der Waals surface area contributed by atoms with Gasteiger partial charge in [-0.15, -0.1) is 0 Å². The van der Waals surface area contributed by atoms with Crippen LogP contribution >= 0.6 is 23.4 Å². The van der Waals surface area contributed by atoms with Crippen molar-refractivity contribution in [1.29, 1.82) is 0 Å². The average molecular weight is 484 g/mol. The number of hydrogen-bond donors (Lipinski definition) is 1. The van der Waals surface area contributed by atoms with Crippen LogP contribution in [0.3, 0.4) is 0 Å². The third-order valence-corrected chi connectivity index (χ3v) is 7.26. The molecule has 0 aromatic heterocycles. The van der Waals surface area contributed by atoms with Crippen molar-refractivity contribution in [3.8, 4) is 0 Å². The summed E-state index contributed by atoms with van der Waals surface area (Å²) in [5.74, 6) is -0.304. The Morgan fingerprint density at radius 3 is 2.64 bits per heavy atom. The molecule has 174 valence electrons. The molecule has 2 aliphatic heterocycles. The predicted octanol–water partition coefficient (Wildman–Crippen LogP) is 5.20. The fourth-order valence-electron chi connectivity index (χ4n) is 4.26. The quantitative estimate of drug-likeness (QED) is 0.434. The maximum absolute atomic E-state index is 13.3. The van der Waals surface area contributed by atoms with E-state index in [0.29, 0.717) is 16.5 Å². The van der Waals surface area contributed by atoms with Crippen LogP contribution < -0.4 is 10.2 Å². The molecule has 0 aliphatic carbocycles. The third-order valence-electron chi connectivity index (χ3n) is 5.95. The molecule has 0 saturated carbocycles. The lowest BCUT2D eigenvalue weighted by atomic mass is 10.2. The Kier molecular flexibility index (Phi) is 8.48. The molecule has 1 N–H and O–H groups in total. The Labute approximate surface area is 205 Å². The van der Waals surface area contributed by atoms with Crippen molar-refractivity contribution < 1.29 is 9.59 Å². The number of rotatable bonds is 7. The van der Waals surface area contributed by atoms with Crippen LogP contribution in [0.5, 0.6) is 0 Å². The van der Waals surface area contributed by atoms with Crippen molar-refractivity contribution in [1.82, 2.24) is 10.2 Å². The van der Waals surface area contributed by atoms with Crippen LogP contribution in [-0.2, 0) is 9.59 Å². The molecular formula is C26H30ClN3O2S. The van der Waals surface area contributed by atoms with E-state index in [1.165, 1.54) is 37.4 Å². The lowest BCUT2D eigenvalue weighted by Crippen LogP contribution is -2.43. The number of thioether (sulfide) groups is 1. The largest absolute Gasteiger partial charge is 0.355 e. The Morgan fingerprint density at radius 2 is 1.85 bits per heavy atom. The van der Waals surface area contributed by atoms with Gasteiger partial charge in [-0.2, -0.15) is 0 Å². The molecule has 1 fully saturated rings. The van der Waals surface area contributed by atoms with Crippen LogP contribution in [0.25, 0.3) is 6.08 Å². The van der Waals surface area contributed by atoms with Gasteiger partial charge >= 0.3 is 0 Å². The minimum Gasteiger partial charge on any atom is -0.355 e. The minimum atomic E-state index is -0.168. The molecule has 2 aromatic rings. The van der Waals surface area contributed by atoms with Crippen LogP contribution in [0.4, 0.5) is 5.69 Å². The van der Waals surface area contributed by atoms with Gasteiger partial charge in [-0.05, 0) is 74.8 Å². The number of nitrogens with zero attached hydrogens (tertiary/aromatic N) is 2. The molecule has 0 atom stereocenters. The van der Waals surface area contributed by atoms with Crippen molar-refractivity contribution in [3.05, 3.63) is 64.0 Å². The summed E-state index contributed by atoms with van der Waals surface area (Å²) >= 11 is 7.53. The molecule has 2 aromatic carbocycles. The van der Waals surface area contributed by atoms with Crippen LogP contribution in [0.2, 0.25) is 5.02 Å². The highest BCUT2D eigenvalue weighted by Crippen LogP contribution is 2.41. The van der Waals surface area contributed by atoms with Gasteiger partial charge in [0.2, 0.25) is 5.91 Å². The van der Waals surface area contributed by atoms with E-state index in [-0.39, 0.29) is 18.4 Å². The van der Waals surface area contributed by atoms with Gasteiger partial charge in [0.1, 0.15) is 6.54 Å². The number of carbonyl (C=O) groups excluding carboxylic acids is 2. The number of carbonyl (C=O) groups is 2. The van der Waals surface area contributed by atoms with Gasteiger partial charge in [-0.1, -0.05) is 60.5 Å². The van der Waals surface area contributed by atoms with Gasteiger partial charge in [0.05, 0.1) is 10.6 Å². The predicted molar refractivity (Wildman–Crippen MR) is 137 cm³/mol. The summed E-state index contributed by atoms with van der Waals surface area (Å²) in [7, 11) is 0. The molecule has 2 aliphatic rings. The van der Waals surface area contributed by atoms with E-state index in [1.807, 2.05) is 48.5 Å². The molecule has 0 bridgehead atoms. The second-order valence-corrected chi connectivity index (χ2v) is 10.0. The Balaban J connectivity index is 1.39. The van der Waals surface area contributed by atoms with Gasteiger partial charge < -0.3 is 10.2 Å².